The van der Waals surface area contributed by atoms with Crippen molar-refractivity contribution in [1.29, 1.82) is 0 Å². The van der Waals surface area contributed by atoms with Gasteiger partial charge in [0.15, 0.2) is 0 Å². The summed E-state index contributed by atoms with van der Waals surface area (Å²) in [6, 6.07) is 0. The second-order valence-corrected chi connectivity index (χ2v) is 2.75. The van der Waals surface area contributed by atoms with Crippen LogP contribution >= 0.6 is 0 Å². The first-order valence-corrected chi connectivity index (χ1v) is 3.08. The molecule has 0 heterocycles. The minimum atomic E-state index is -0.909. The highest BCUT2D eigenvalue weighted by atomic mass is 16.3. The van der Waals surface area contributed by atoms with Crippen LogP contribution < -0.4 is 0 Å². The number of aliphatic hydroxyl groups excluding tert-OH is 1. The minimum Gasteiger partial charge on any atom is -0.393 e. The largest absolute Gasteiger partial charge is 0.393 e. The van der Waals surface area contributed by atoms with E-state index in [9.17, 15) is 5.11 Å². The number of hydrogen-bond acceptors (Lipinski definition) is 2. The molecule has 0 aliphatic heterocycles. The predicted molar refractivity (Wildman–Crippen MR) is 37.5 cm³/mol. The maximum Gasteiger partial charge on any atom is 0.0691 e. The fourth-order valence-corrected chi connectivity index (χ4v) is 0.720. The molecular formula is C6H13BO2. The number of aliphatic hydroxyl groups is 2. The van der Waals surface area contributed by atoms with E-state index in [0.717, 1.165) is 0 Å². The standard InChI is InChI=1S/C6H13BO2/c1-5(8)3-6(2,9)4-7/h5,8-9H,3-4H2,1-2H3. The van der Waals surface area contributed by atoms with Crippen molar-refractivity contribution in [2.24, 2.45) is 0 Å². The van der Waals surface area contributed by atoms with Gasteiger partial charge in [-0.15, -0.1) is 0 Å². The van der Waals surface area contributed by atoms with Crippen LogP contribution in [0.2, 0.25) is 6.32 Å². The van der Waals surface area contributed by atoms with Crippen molar-refractivity contribution in [3.05, 3.63) is 0 Å². The Balaban J connectivity index is 3.58. The molecule has 2 nitrogen and oxygen atoms in total. The van der Waals surface area contributed by atoms with Gasteiger partial charge in [-0.05, 0) is 13.8 Å². The minimum absolute atomic E-state index is 0.192. The van der Waals surface area contributed by atoms with Crippen LogP contribution in [0.15, 0.2) is 0 Å². The quantitative estimate of drug-likeness (QED) is 0.529. The molecule has 9 heavy (non-hydrogen) atoms. The van der Waals surface area contributed by atoms with Crippen molar-refractivity contribution in [2.45, 2.75) is 38.3 Å². The molecule has 0 rings (SSSR count). The Hall–Kier alpha value is -0.0151. The fraction of sp³-hybridized carbons (Fsp3) is 1.00. The summed E-state index contributed by atoms with van der Waals surface area (Å²) in [6.07, 6.45) is 0.0463. The molecule has 2 atom stereocenters. The van der Waals surface area contributed by atoms with Gasteiger partial charge in [-0.25, -0.2) is 0 Å². The van der Waals surface area contributed by atoms with E-state index in [2.05, 4.69) is 0 Å². The van der Waals surface area contributed by atoms with Gasteiger partial charge in [-0.2, -0.15) is 0 Å². The van der Waals surface area contributed by atoms with E-state index in [4.69, 9.17) is 13.0 Å². The normalized spacial score (nSPS) is 20.9. The molecule has 2 radical (unpaired) electrons. The average Bonchev–Trinajstić information content (AvgIpc) is 1.63. The van der Waals surface area contributed by atoms with Crippen LogP contribution in [-0.4, -0.2) is 29.8 Å². The van der Waals surface area contributed by atoms with E-state index < -0.39 is 11.7 Å². The smallest absolute Gasteiger partial charge is 0.0691 e. The van der Waals surface area contributed by atoms with Gasteiger partial charge in [0.05, 0.1) is 19.6 Å². The Morgan fingerprint density at radius 1 is 1.67 bits per heavy atom. The molecule has 0 amide bonds. The maximum absolute atomic E-state index is 9.21. The zero-order valence-electron chi connectivity index (χ0n) is 5.96. The van der Waals surface area contributed by atoms with Gasteiger partial charge in [-0.1, -0.05) is 6.32 Å². The predicted octanol–water partition coefficient (Wildman–Crippen LogP) is 0.0951. The van der Waals surface area contributed by atoms with Gasteiger partial charge in [0, 0.05) is 6.42 Å². The Kier molecular flexibility index (Phi) is 3.22. The molecule has 0 saturated carbocycles. The highest BCUT2D eigenvalue weighted by Crippen LogP contribution is 2.14. The molecule has 0 saturated heterocycles. The maximum atomic E-state index is 9.21. The van der Waals surface area contributed by atoms with E-state index in [-0.39, 0.29) is 6.32 Å². The van der Waals surface area contributed by atoms with E-state index >= 15 is 0 Å². The van der Waals surface area contributed by atoms with Crippen molar-refractivity contribution >= 4 is 7.85 Å². The first-order valence-electron chi connectivity index (χ1n) is 3.08. The van der Waals surface area contributed by atoms with Crippen LogP contribution in [-0.2, 0) is 0 Å². The zero-order valence-corrected chi connectivity index (χ0v) is 5.96. The van der Waals surface area contributed by atoms with Crippen LogP contribution in [0.5, 0.6) is 0 Å². The lowest BCUT2D eigenvalue weighted by Crippen LogP contribution is -2.27. The van der Waals surface area contributed by atoms with Crippen LogP contribution in [0.4, 0.5) is 0 Å². The molecule has 0 aromatic heterocycles. The summed E-state index contributed by atoms with van der Waals surface area (Å²) in [7, 11) is 5.19. The second kappa shape index (κ2) is 3.23. The first-order chi connectivity index (χ1) is 3.98. The molecule has 0 aliphatic rings. The van der Waals surface area contributed by atoms with Crippen LogP contribution in [0, 0.1) is 0 Å². The Morgan fingerprint density at radius 3 is 2.22 bits per heavy atom. The highest BCUT2D eigenvalue weighted by Gasteiger charge is 2.18. The third-order valence-corrected chi connectivity index (χ3v) is 1.17. The molecule has 0 aromatic carbocycles. The van der Waals surface area contributed by atoms with E-state index in [0.29, 0.717) is 6.42 Å². The molecule has 3 heteroatoms. The fourth-order valence-electron chi connectivity index (χ4n) is 0.720. The molecule has 2 N–H and O–H groups in total. The first kappa shape index (κ1) is 8.98. The highest BCUT2D eigenvalue weighted by molar-refractivity contribution is 6.09. The van der Waals surface area contributed by atoms with Gasteiger partial charge in [0.2, 0.25) is 0 Å². The lowest BCUT2D eigenvalue weighted by atomic mass is 9.85. The summed E-state index contributed by atoms with van der Waals surface area (Å²) >= 11 is 0. The molecule has 0 fully saturated rings. The molecule has 0 bridgehead atoms. The van der Waals surface area contributed by atoms with Gasteiger partial charge < -0.3 is 10.2 Å². The van der Waals surface area contributed by atoms with E-state index in [1.165, 1.54) is 0 Å². The number of hydrogen-bond donors (Lipinski definition) is 2. The third kappa shape index (κ3) is 4.49. The van der Waals surface area contributed by atoms with Crippen molar-refractivity contribution in [1.82, 2.24) is 0 Å². The third-order valence-electron chi connectivity index (χ3n) is 1.17. The Bertz CT molecular complexity index is 81.1. The number of rotatable bonds is 3. The summed E-state index contributed by atoms with van der Waals surface area (Å²) in [5, 5.41) is 18.0. The lowest BCUT2D eigenvalue weighted by molar-refractivity contribution is 0.0254. The van der Waals surface area contributed by atoms with Crippen molar-refractivity contribution < 1.29 is 10.2 Å². The molecule has 0 aromatic rings. The summed E-state index contributed by atoms with van der Waals surface area (Å²) in [5.41, 5.74) is -0.909. The SMILES string of the molecule is [B]CC(C)(O)CC(C)O. The summed E-state index contributed by atoms with van der Waals surface area (Å²) in [4.78, 5) is 0. The van der Waals surface area contributed by atoms with E-state index in [1.807, 2.05) is 0 Å². The van der Waals surface area contributed by atoms with Gasteiger partial charge in [-0.3, -0.25) is 0 Å². The van der Waals surface area contributed by atoms with Gasteiger partial charge in [0.1, 0.15) is 0 Å². The molecular weight excluding hydrogens is 115 g/mol. The summed E-state index contributed by atoms with van der Waals surface area (Å²) in [5.74, 6) is 0. The Labute approximate surface area is 57.3 Å². The topological polar surface area (TPSA) is 40.5 Å². The average molecular weight is 128 g/mol. The van der Waals surface area contributed by atoms with Crippen molar-refractivity contribution in [3.8, 4) is 0 Å². The molecule has 0 spiro atoms. The van der Waals surface area contributed by atoms with Crippen molar-refractivity contribution in [2.75, 3.05) is 0 Å². The van der Waals surface area contributed by atoms with Gasteiger partial charge in [0.25, 0.3) is 0 Å². The van der Waals surface area contributed by atoms with Crippen LogP contribution in [0.3, 0.4) is 0 Å². The molecule has 0 aliphatic carbocycles. The zero-order chi connectivity index (χ0) is 7.49. The monoisotopic (exact) mass is 128 g/mol. The van der Waals surface area contributed by atoms with Crippen molar-refractivity contribution in [3.63, 3.8) is 0 Å². The molecule has 52 valence electrons. The van der Waals surface area contributed by atoms with Crippen LogP contribution in [0.1, 0.15) is 20.3 Å². The van der Waals surface area contributed by atoms with Gasteiger partial charge >= 0.3 is 0 Å². The van der Waals surface area contributed by atoms with E-state index in [1.54, 1.807) is 13.8 Å². The second-order valence-electron chi connectivity index (χ2n) is 2.75. The Morgan fingerprint density at radius 2 is 2.11 bits per heavy atom. The molecule has 2 unspecified atom stereocenters. The summed E-state index contributed by atoms with van der Waals surface area (Å²) < 4.78 is 0. The summed E-state index contributed by atoms with van der Waals surface area (Å²) in [6.45, 7) is 3.24. The van der Waals surface area contributed by atoms with Crippen LogP contribution in [0.25, 0.3) is 0 Å². The lowest BCUT2D eigenvalue weighted by Gasteiger charge is -2.22.